The second-order valence-electron chi connectivity index (χ2n) is 4.05. The zero-order valence-electron chi connectivity index (χ0n) is 9.65. The van der Waals surface area contributed by atoms with Gasteiger partial charge in [-0.15, -0.1) is 0 Å². The summed E-state index contributed by atoms with van der Waals surface area (Å²) < 4.78 is 0. The maximum absolute atomic E-state index is 6.20. The van der Waals surface area contributed by atoms with Gasteiger partial charge in [-0.05, 0) is 23.8 Å². The normalized spacial score (nSPS) is 10.7. The van der Waals surface area contributed by atoms with E-state index in [4.69, 9.17) is 11.6 Å². The van der Waals surface area contributed by atoms with Crippen LogP contribution in [0.2, 0.25) is 5.02 Å². The van der Waals surface area contributed by atoms with Crippen molar-refractivity contribution in [1.82, 2.24) is 9.97 Å². The fourth-order valence-corrected chi connectivity index (χ4v) is 2.24. The van der Waals surface area contributed by atoms with Crippen molar-refractivity contribution in [2.45, 2.75) is 6.54 Å². The predicted molar refractivity (Wildman–Crippen MR) is 74.9 cm³/mol. The molecule has 2 N–H and O–H groups in total. The number of nitrogens with zero attached hydrogens (tertiary/aromatic N) is 1. The highest BCUT2D eigenvalue weighted by Gasteiger charge is 2.07. The Kier molecular flexibility index (Phi) is 2.90. The van der Waals surface area contributed by atoms with Crippen LogP contribution in [-0.4, -0.2) is 9.97 Å². The quantitative estimate of drug-likeness (QED) is 0.749. The molecule has 0 saturated heterocycles. The van der Waals surface area contributed by atoms with Crippen molar-refractivity contribution >= 4 is 28.3 Å². The van der Waals surface area contributed by atoms with Crippen molar-refractivity contribution < 1.29 is 0 Å². The number of anilines is 1. The number of fused-ring (bicyclic) bond motifs is 1. The lowest BCUT2D eigenvalue weighted by atomic mass is 10.2. The van der Waals surface area contributed by atoms with E-state index in [-0.39, 0.29) is 0 Å². The third-order valence-electron chi connectivity index (χ3n) is 2.86. The summed E-state index contributed by atoms with van der Waals surface area (Å²) in [4.78, 5) is 7.38. The number of halogens is 1. The molecule has 3 rings (SSSR count). The number of benzene rings is 1. The van der Waals surface area contributed by atoms with E-state index in [1.165, 1.54) is 0 Å². The highest BCUT2D eigenvalue weighted by molar-refractivity contribution is 6.35. The summed E-state index contributed by atoms with van der Waals surface area (Å²) in [5.41, 5.74) is 3.03. The molecule has 90 valence electrons. The highest BCUT2D eigenvalue weighted by atomic mass is 35.5. The molecule has 0 atom stereocenters. The van der Waals surface area contributed by atoms with Crippen LogP contribution in [0, 0.1) is 0 Å². The Morgan fingerprint density at radius 2 is 2.00 bits per heavy atom. The van der Waals surface area contributed by atoms with Gasteiger partial charge in [-0.3, -0.25) is 0 Å². The van der Waals surface area contributed by atoms with E-state index in [1.54, 1.807) is 6.20 Å². The summed E-state index contributed by atoms with van der Waals surface area (Å²) >= 11 is 6.20. The summed E-state index contributed by atoms with van der Waals surface area (Å²) in [5, 5.41) is 5.08. The van der Waals surface area contributed by atoms with Gasteiger partial charge in [0.1, 0.15) is 5.65 Å². The number of nitrogens with one attached hydrogen (secondary N) is 2. The summed E-state index contributed by atoms with van der Waals surface area (Å²) in [6, 6.07) is 11.9. The molecular weight excluding hydrogens is 246 g/mol. The molecular formula is C14H12ClN3. The molecule has 0 fully saturated rings. The van der Waals surface area contributed by atoms with Crippen LogP contribution in [0.1, 0.15) is 5.56 Å². The first-order chi connectivity index (χ1) is 8.84. The number of hydrogen-bond donors (Lipinski definition) is 2. The molecule has 0 amide bonds. The molecule has 0 unspecified atom stereocenters. The number of rotatable bonds is 3. The second-order valence-corrected chi connectivity index (χ2v) is 4.46. The molecule has 4 heteroatoms. The van der Waals surface area contributed by atoms with Crippen LogP contribution in [0.25, 0.3) is 11.0 Å². The zero-order valence-corrected chi connectivity index (χ0v) is 10.4. The maximum Gasteiger partial charge on any atom is 0.139 e. The average Bonchev–Trinajstić information content (AvgIpc) is 2.82. The summed E-state index contributed by atoms with van der Waals surface area (Å²) in [5.74, 6) is 0. The van der Waals surface area contributed by atoms with E-state index < -0.39 is 0 Å². The molecule has 0 bridgehead atoms. The van der Waals surface area contributed by atoms with E-state index in [2.05, 4.69) is 15.3 Å². The average molecular weight is 258 g/mol. The number of hydrogen-bond acceptors (Lipinski definition) is 2. The van der Waals surface area contributed by atoms with Crippen LogP contribution in [-0.2, 0) is 6.54 Å². The molecule has 0 spiro atoms. The molecule has 18 heavy (non-hydrogen) atoms. The van der Waals surface area contributed by atoms with Crippen molar-refractivity contribution in [1.29, 1.82) is 0 Å². The lowest BCUT2D eigenvalue weighted by Gasteiger charge is -2.05. The van der Waals surface area contributed by atoms with Crippen molar-refractivity contribution in [3.8, 4) is 0 Å². The minimum atomic E-state index is 0.718. The smallest absolute Gasteiger partial charge is 0.139 e. The van der Waals surface area contributed by atoms with Gasteiger partial charge in [0.05, 0.1) is 5.02 Å². The summed E-state index contributed by atoms with van der Waals surface area (Å²) in [7, 11) is 0. The molecule has 1 aromatic carbocycles. The van der Waals surface area contributed by atoms with Gasteiger partial charge in [-0.2, -0.15) is 0 Å². The zero-order chi connectivity index (χ0) is 12.4. The lowest BCUT2D eigenvalue weighted by Crippen LogP contribution is -1.98. The monoisotopic (exact) mass is 257 g/mol. The summed E-state index contributed by atoms with van der Waals surface area (Å²) in [6.45, 7) is 0.718. The maximum atomic E-state index is 6.20. The van der Waals surface area contributed by atoms with E-state index in [0.29, 0.717) is 0 Å². The lowest BCUT2D eigenvalue weighted by molar-refractivity contribution is 1.16. The first-order valence-corrected chi connectivity index (χ1v) is 6.12. The van der Waals surface area contributed by atoms with E-state index in [0.717, 1.165) is 33.9 Å². The Bertz CT molecular complexity index is 661. The van der Waals surface area contributed by atoms with Crippen LogP contribution in [0.4, 0.5) is 5.69 Å². The predicted octanol–water partition coefficient (Wildman–Crippen LogP) is 3.83. The second kappa shape index (κ2) is 4.70. The number of para-hydroxylation sites is 1. The van der Waals surface area contributed by atoms with Gasteiger partial charge in [0.25, 0.3) is 0 Å². The Balaban J connectivity index is 1.87. The third kappa shape index (κ3) is 2.05. The minimum absolute atomic E-state index is 0.718. The number of pyridine rings is 1. The molecule has 0 aliphatic rings. The molecule has 0 aliphatic heterocycles. The molecule has 2 aromatic heterocycles. The van der Waals surface area contributed by atoms with Crippen LogP contribution < -0.4 is 5.32 Å². The summed E-state index contributed by atoms with van der Waals surface area (Å²) in [6.07, 6.45) is 3.65. The number of aromatic amines is 1. The number of aromatic nitrogens is 2. The minimum Gasteiger partial charge on any atom is -0.381 e. The topological polar surface area (TPSA) is 40.7 Å². The fourth-order valence-electron chi connectivity index (χ4n) is 1.97. The molecule has 0 radical (unpaired) electrons. The molecule has 2 heterocycles. The standard InChI is InChI=1S/C14H12ClN3/c15-12-6-7-16-14-13(12)10(9-18-14)8-17-11-4-2-1-3-5-11/h1-7,9,17H,8H2,(H,16,18). The van der Waals surface area contributed by atoms with Crippen LogP contribution in [0.5, 0.6) is 0 Å². The van der Waals surface area contributed by atoms with E-state index >= 15 is 0 Å². The van der Waals surface area contributed by atoms with Crippen molar-refractivity contribution in [3.63, 3.8) is 0 Å². The van der Waals surface area contributed by atoms with Crippen molar-refractivity contribution in [3.05, 3.63) is 59.4 Å². The van der Waals surface area contributed by atoms with Gasteiger partial charge >= 0.3 is 0 Å². The molecule has 3 nitrogen and oxygen atoms in total. The first-order valence-electron chi connectivity index (χ1n) is 5.74. The van der Waals surface area contributed by atoms with Crippen LogP contribution in [0.15, 0.2) is 48.8 Å². The molecule has 0 aliphatic carbocycles. The fraction of sp³-hybridized carbons (Fsp3) is 0.0714. The van der Waals surface area contributed by atoms with Crippen LogP contribution in [0.3, 0.4) is 0 Å². The van der Waals surface area contributed by atoms with Gasteiger partial charge in [-0.1, -0.05) is 29.8 Å². The highest BCUT2D eigenvalue weighted by Crippen LogP contribution is 2.25. The van der Waals surface area contributed by atoms with E-state index in [1.807, 2.05) is 42.6 Å². The Hall–Kier alpha value is -2.00. The Labute approximate surface area is 110 Å². The largest absolute Gasteiger partial charge is 0.381 e. The van der Waals surface area contributed by atoms with E-state index in [9.17, 15) is 0 Å². The van der Waals surface area contributed by atoms with Crippen molar-refractivity contribution in [2.75, 3.05) is 5.32 Å². The van der Waals surface area contributed by atoms with Crippen LogP contribution >= 0.6 is 11.6 Å². The molecule has 3 aromatic rings. The van der Waals surface area contributed by atoms with Gasteiger partial charge in [0.15, 0.2) is 0 Å². The van der Waals surface area contributed by atoms with Gasteiger partial charge in [0, 0.05) is 30.0 Å². The third-order valence-corrected chi connectivity index (χ3v) is 3.18. The molecule has 0 saturated carbocycles. The number of H-pyrrole nitrogens is 1. The first kappa shape index (κ1) is 11.1. The van der Waals surface area contributed by atoms with Crippen molar-refractivity contribution in [2.24, 2.45) is 0 Å². The van der Waals surface area contributed by atoms with Gasteiger partial charge < -0.3 is 10.3 Å². The van der Waals surface area contributed by atoms with Gasteiger partial charge in [0.2, 0.25) is 0 Å². The van der Waals surface area contributed by atoms with Gasteiger partial charge in [-0.25, -0.2) is 4.98 Å². The SMILES string of the molecule is Clc1ccnc2[nH]cc(CNc3ccccc3)c12. The Morgan fingerprint density at radius 3 is 2.83 bits per heavy atom. The Morgan fingerprint density at radius 1 is 1.17 bits per heavy atom.